The molecule has 0 bridgehead atoms. The van der Waals surface area contributed by atoms with E-state index in [0.29, 0.717) is 18.4 Å². The van der Waals surface area contributed by atoms with Crippen LogP contribution in [0.25, 0.3) is 0 Å². The average molecular weight is 302 g/mol. The van der Waals surface area contributed by atoms with Gasteiger partial charge in [0, 0.05) is 11.8 Å². The SMILES string of the molecule is CC1(C2=NNC(=O)CC2)C=CC(c2cccc(F)c2)C(F)=C1. The number of hydrogen-bond acceptors (Lipinski definition) is 2. The lowest BCUT2D eigenvalue weighted by atomic mass is 9.76. The minimum Gasteiger partial charge on any atom is -0.273 e. The van der Waals surface area contributed by atoms with Crippen LogP contribution in [0.1, 0.15) is 31.2 Å². The number of halogens is 2. The van der Waals surface area contributed by atoms with Crippen molar-refractivity contribution in [3.63, 3.8) is 0 Å². The number of carbonyl (C=O) groups excluding carboxylic acids is 1. The third-order valence-corrected chi connectivity index (χ3v) is 4.10. The molecule has 2 atom stereocenters. The Hall–Kier alpha value is -2.30. The van der Waals surface area contributed by atoms with Gasteiger partial charge in [0.05, 0.1) is 11.6 Å². The standard InChI is InChI=1S/C17H16F2N2O/c1-17(15-5-6-16(22)21-20-15)8-7-13(14(19)10-17)11-3-2-4-12(18)9-11/h2-4,7-10,13H,5-6H2,1H3,(H,21,22). The summed E-state index contributed by atoms with van der Waals surface area (Å²) >= 11 is 0. The Morgan fingerprint density at radius 2 is 2.14 bits per heavy atom. The van der Waals surface area contributed by atoms with Crippen LogP contribution in [-0.2, 0) is 4.79 Å². The molecule has 1 aliphatic heterocycles. The first-order valence-corrected chi connectivity index (χ1v) is 7.17. The summed E-state index contributed by atoms with van der Waals surface area (Å²) in [6, 6.07) is 5.94. The van der Waals surface area contributed by atoms with Crippen molar-refractivity contribution in [3.05, 3.63) is 59.7 Å². The highest BCUT2D eigenvalue weighted by Gasteiger charge is 2.33. The number of hydrogen-bond donors (Lipinski definition) is 1. The molecule has 0 saturated heterocycles. The summed E-state index contributed by atoms with van der Waals surface area (Å²) in [5.74, 6) is -1.43. The molecule has 1 aliphatic carbocycles. The molecule has 22 heavy (non-hydrogen) atoms. The van der Waals surface area contributed by atoms with E-state index in [1.54, 1.807) is 18.2 Å². The van der Waals surface area contributed by atoms with E-state index in [0.717, 1.165) is 5.71 Å². The van der Waals surface area contributed by atoms with Crippen LogP contribution in [0.4, 0.5) is 8.78 Å². The van der Waals surface area contributed by atoms with Crippen molar-refractivity contribution >= 4 is 11.6 Å². The summed E-state index contributed by atoms with van der Waals surface area (Å²) in [5.41, 5.74) is 3.06. The Balaban J connectivity index is 1.89. The Labute approximate surface area is 127 Å². The van der Waals surface area contributed by atoms with Crippen LogP contribution in [0.15, 0.2) is 53.4 Å². The topological polar surface area (TPSA) is 41.5 Å². The Kier molecular flexibility index (Phi) is 3.64. The quantitative estimate of drug-likeness (QED) is 0.833. The molecule has 0 fully saturated rings. The molecule has 5 heteroatoms. The zero-order valence-corrected chi connectivity index (χ0v) is 12.1. The van der Waals surface area contributed by atoms with Crippen LogP contribution < -0.4 is 5.43 Å². The highest BCUT2D eigenvalue weighted by Crippen LogP contribution is 2.39. The van der Waals surface area contributed by atoms with E-state index in [9.17, 15) is 13.6 Å². The van der Waals surface area contributed by atoms with E-state index in [4.69, 9.17) is 0 Å². The van der Waals surface area contributed by atoms with Gasteiger partial charge in [0.2, 0.25) is 5.91 Å². The number of nitrogens with one attached hydrogen (secondary N) is 1. The Morgan fingerprint density at radius 3 is 2.77 bits per heavy atom. The molecule has 0 saturated carbocycles. The fourth-order valence-corrected chi connectivity index (χ4v) is 2.83. The smallest absolute Gasteiger partial charge is 0.240 e. The zero-order chi connectivity index (χ0) is 15.7. The molecule has 0 spiro atoms. The maximum Gasteiger partial charge on any atom is 0.240 e. The van der Waals surface area contributed by atoms with Crippen molar-refractivity contribution in [2.75, 3.05) is 0 Å². The Bertz CT molecular complexity index is 708. The van der Waals surface area contributed by atoms with Crippen molar-refractivity contribution in [1.82, 2.24) is 5.43 Å². The van der Waals surface area contributed by atoms with Crippen molar-refractivity contribution in [3.8, 4) is 0 Å². The first-order valence-electron chi connectivity index (χ1n) is 7.17. The van der Waals surface area contributed by atoms with Gasteiger partial charge in [0.1, 0.15) is 11.6 Å². The summed E-state index contributed by atoms with van der Waals surface area (Å²) < 4.78 is 27.8. The molecule has 3 nitrogen and oxygen atoms in total. The highest BCUT2D eigenvalue weighted by molar-refractivity contribution is 5.98. The molecular formula is C17H16F2N2O. The van der Waals surface area contributed by atoms with Crippen molar-refractivity contribution in [2.45, 2.75) is 25.7 Å². The van der Waals surface area contributed by atoms with Crippen LogP contribution in [-0.4, -0.2) is 11.6 Å². The largest absolute Gasteiger partial charge is 0.273 e. The molecule has 2 unspecified atom stereocenters. The number of benzene rings is 1. The van der Waals surface area contributed by atoms with E-state index in [-0.39, 0.29) is 17.6 Å². The van der Waals surface area contributed by atoms with Gasteiger partial charge in [-0.3, -0.25) is 4.79 Å². The molecule has 1 aromatic carbocycles. The second kappa shape index (κ2) is 5.48. The van der Waals surface area contributed by atoms with Gasteiger partial charge in [0.25, 0.3) is 0 Å². The number of allylic oxidation sites excluding steroid dienone is 4. The molecule has 1 heterocycles. The van der Waals surface area contributed by atoms with Gasteiger partial charge in [0.15, 0.2) is 0 Å². The summed E-state index contributed by atoms with van der Waals surface area (Å²) in [4.78, 5) is 11.2. The molecular weight excluding hydrogens is 286 g/mol. The first-order chi connectivity index (χ1) is 10.5. The van der Waals surface area contributed by atoms with Gasteiger partial charge in [-0.25, -0.2) is 14.2 Å². The van der Waals surface area contributed by atoms with Crippen molar-refractivity contribution in [2.24, 2.45) is 10.5 Å². The number of carbonyl (C=O) groups is 1. The first kappa shape index (κ1) is 14.6. The van der Waals surface area contributed by atoms with Gasteiger partial charge >= 0.3 is 0 Å². The average Bonchev–Trinajstić information content (AvgIpc) is 2.47. The molecule has 1 aromatic rings. The minimum absolute atomic E-state index is 0.130. The summed E-state index contributed by atoms with van der Waals surface area (Å²) in [5, 5.41) is 4.05. The number of nitrogens with zero attached hydrogens (tertiary/aromatic N) is 1. The summed E-state index contributed by atoms with van der Waals surface area (Å²) in [6.07, 6.45) is 5.94. The molecule has 114 valence electrons. The predicted molar refractivity (Wildman–Crippen MR) is 80.4 cm³/mol. The maximum absolute atomic E-state index is 14.5. The highest BCUT2D eigenvalue weighted by atomic mass is 19.1. The van der Waals surface area contributed by atoms with Crippen molar-refractivity contribution < 1.29 is 13.6 Å². The van der Waals surface area contributed by atoms with E-state index < -0.39 is 11.3 Å². The van der Waals surface area contributed by atoms with E-state index in [1.165, 1.54) is 18.2 Å². The maximum atomic E-state index is 14.5. The second-order valence-corrected chi connectivity index (χ2v) is 5.80. The van der Waals surface area contributed by atoms with Gasteiger partial charge in [-0.05, 0) is 37.1 Å². The monoisotopic (exact) mass is 302 g/mol. The van der Waals surface area contributed by atoms with Crippen LogP contribution in [0, 0.1) is 11.2 Å². The molecule has 3 rings (SSSR count). The number of hydrazone groups is 1. The lowest BCUT2D eigenvalue weighted by Gasteiger charge is -2.31. The molecule has 2 aliphatic rings. The molecule has 1 amide bonds. The fourth-order valence-electron chi connectivity index (χ4n) is 2.83. The molecule has 0 radical (unpaired) electrons. The fraction of sp³-hybridized carbons (Fsp3) is 0.294. The van der Waals surface area contributed by atoms with E-state index in [1.807, 2.05) is 13.0 Å². The minimum atomic E-state index is -0.665. The Morgan fingerprint density at radius 1 is 1.32 bits per heavy atom. The van der Waals surface area contributed by atoms with Gasteiger partial charge < -0.3 is 0 Å². The van der Waals surface area contributed by atoms with Crippen LogP contribution >= 0.6 is 0 Å². The van der Waals surface area contributed by atoms with E-state index >= 15 is 0 Å². The third kappa shape index (κ3) is 2.71. The number of amides is 1. The van der Waals surface area contributed by atoms with E-state index in [2.05, 4.69) is 10.5 Å². The van der Waals surface area contributed by atoms with Crippen molar-refractivity contribution in [1.29, 1.82) is 0 Å². The van der Waals surface area contributed by atoms with Gasteiger partial charge in [-0.15, -0.1) is 0 Å². The summed E-state index contributed by atoms with van der Waals surface area (Å²) in [7, 11) is 0. The van der Waals surface area contributed by atoms with Crippen LogP contribution in [0.2, 0.25) is 0 Å². The van der Waals surface area contributed by atoms with Crippen LogP contribution in [0.3, 0.4) is 0 Å². The second-order valence-electron chi connectivity index (χ2n) is 5.80. The molecule has 0 aromatic heterocycles. The predicted octanol–water partition coefficient (Wildman–Crippen LogP) is 3.60. The lowest BCUT2D eigenvalue weighted by Crippen LogP contribution is -2.34. The molecule has 1 N–H and O–H groups in total. The lowest BCUT2D eigenvalue weighted by molar-refractivity contribution is -0.121. The normalized spacial score (nSPS) is 28.0. The zero-order valence-electron chi connectivity index (χ0n) is 12.1. The van der Waals surface area contributed by atoms with Gasteiger partial charge in [-0.2, -0.15) is 5.10 Å². The third-order valence-electron chi connectivity index (χ3n) is 4.10. The van der Waals surface area contributed by atoms with Crippen LogP contribution in [0.5, 0.6) is 0 Å². The number of rotatable bonds is 2. The summed E-state index contributed by atoms with van der Waals surface area (Å²) in [6.45, 7) is 1.85. The van der Waals surface area contributed by atoms with Gasteiger partial charge in [-0.1, -0.05) is 24.3 Å².